The first-order valence-corrected chi connectivity index (χ1v) is 9.96. The third kappa shape index (κ3) is 4.25. The van der Waals surface area contributed by atoms with Crippen LogP contribution in [0.1, 0.15) is 52.9 Å². The van der Waals surface area contributed by atoms with E-state index in [1.807, 2.05) is 6.08 Å². The van der Waals surface area contributed by atoms with Gasteiger partial charge in [0.15, 0.2) is 8.32 Å². The molecule has 0 heterocycles. The van der Waals surface area contributed by atoms with E-state index < -0.39 is 8.32 Å². The molecule has 0 aromatic rings. The lowest BCUT2D eigenvalue weighted by atomic mass is 10.0. The molecule has 1 nitrogen and oxygen atoms in total. The van der Waals surface area contributed by atoms with Crippen molar-refractivity contribution in [3.05, 3.63) is 12.7 Å². The molecule has 0 aliphatic heterocycles. The van der Waals surface area contributed by atoms with Gasteiger partial charge < -0.3 is 4.43 Å². The van der Waals surface area contributed by atoms with Gasteiger partial charge in [-0.05, 0) is 56.2 Å². The van der Waals surface area contributed by atoms with Gasteiger partial charge in [-0.15, -0.1) is 6.58 Å². The zero-order chi connectivity index (χ0) is 13.1. The first-order valence-electron chi connectivity index (χ1n) is 7.05. The topological polar surface area (TPSA) is 9.23 Å². The molecule has 100 valence electrons. The van der Waals surface area contributed by atoms with E-state index >= 15 is 0 Å². The first-order chi connectivity index (χ1) is 7.76. The lowest BCUT2D eigenvalue weighted by Crippen LogP contribution is -2.43. The molecule has 0 bridgehead atoms. The van der Waals surface area contributed by atoms with Gasteiger partial charge in [0.1, 0.15) is 0 Å². The van der Waals surface area contributed by atoms with Crippen molar-refractivity contribution >= 4 is 8.32 Å². The molecular formula is C15H30OSi. The maximum Gasteiger partial charge on any atom is 0.192 e. The highest BCUT2D eigenvalue weighted by Gasteiger charge is 2.40. The Kier molecular flexibility index (Phi) is 5.03. The highest BCUT2D eigenvalue weighted by Crippen LogP contribution is 2.41. The van der Waals surface area contributed by atoms with Gasteiger partial charge in [-0.1, -0.05) is 26.8 Å². The zero-order valence-corrected chi connectivity index (χ0v) is 13.4. The third-order valence-electron chi connectivity index (χ3n) is 4.54. The molecule has 1 aliphatic rings. The maximum atomic E-state index is 6.49. The van der Waals surface area contributed by atoms with Gasteiger partial charge in [-0.25, -0.2) is 0 Å². The fraction of sp³-hybridized carbons (Fsp3) is 0.867. The summed E-state index contributed by atoms with van der Waals surface area (Å²) in [4.78, 5) is 0. The first kappa shape index (κ1) is 15.0. The van der Waals surface area contributed by atoms with E-state index in [0.717, 1.165) is 12.3 Å². The Morgan fingerprint density at radius 2 is 1.94 bits per heavy atom. The van der Waals surface area contributed by atoms with Crippen molar-refractivity contribution in [1.29, 1.82) is 0 Å². The number of hydrogen-bond donors (Lipinski definition) is 0. The Balaban J connectivity index is 2.42. The van der Waals surface area contributed by atoms with E-state index in [2.05, 4.69) is 40.4 Å². The van der Waals surface area contributed by atoms with Crippen LogP contribution < -0.4 is 0 Å². The molecule has 0 radical (unpaired) electrons. The van der Waals surface area contributed by atoms with Crippen molar-refractivity contribution in [3.63, 3.8) is 0 Å². The van der Waals surface area contributed by atoms with Gasteiger partial charge in [-0.2, -0.15) is 0 Å². The van der Waals surface area contributed by atoms with Crippen molar-refractivity contribution in [2.45, 2.75) is 77.1 Å². The van der Waals surface area contributed by atoms with Crippen molar-refractivity contribution < 1.29 is 4.43 Å². The number of hydrogen-bond acceptors (Lipinski definition) is 1. The summed E-state index contributed by atoms with van der Waals surface area (Å²) in [5, 5.41) is 0.339. The molecular weight excluding hydrogens is 224 g/mol. The molecule has 1 fully saturated rings. The Bertz CT molecular complexity index is 252. The molecule has 0 saturated heterocycles. The molecule has 2 atom stereocenters. The van der Waals surface area contributed by atoms with Gasteiger partial charge in [0.05, 0.1) is 0 Å². The number of allylic oxidation sites excluding steroid dienone is 1. The van der Waals surface area contributed by atoms with Crippen LogP contribution in [0.5, 0.6) is 0 Å². The van der Waals surface area contributed by atoms with Crippen molar-refractivity contribution in [3.8, 4) is 0 Å². The minimum atomic E-state index is -1.55. The van der Waals surface area contributed by atoms with E-state index in [-0.39, 0.29) is 0 Å². The van der Waals surface area contributed by atoms with E-state index in [1.165, 1.54) is 25.7 Å². The lowest BCUT2D eigenvalue weighted by molar-refractivity contribution is 0.182. The molecule has 1 aliphatic carbocycles. The minimum absolute atomic E-state index is 0.339. The molecule has 17 heavy (non-hydrogen) atoms. The van der Waals surface area contributed by atoms with Gasteiger partial charge in [-0.3, -0.25) is 0 Å². The fourth-order valence-electron chi connectivity index (χ4n) is 2.35. The van der Waals surface area contributed by atoms with Crippen LogP contribution >= 0.6 is 0 Å². The summed E-state index contributed by atoms with van der Waals surface area (Å²) in [7, 11) is -1.55. The average molecular weight is 254 g/mol. The van der Waals surface area contributed by atoms with Crippen LogP contribution in [0.4, 0.5) is 0 Å². The van der Waals surface area contributed by atoms with Crippen LogP contribution in [0.25, 0.3) is 0 Å². The predicted octanol–water partition coefficient (Wildman–Crippen LogP) is 5.14. The summed E-state index contributed by atoms with van der Waals surface area (Å²) in [5.74, 6) is 0.878. The zero-order valence-electron chi connectivity index (χ0n) is 12.4. The Morgan fingerprint density at radius 1 is 1.29 bits per heavy atom. The minimum Gasteiger partial charge on any atom is -0.414 e. The van der Waals surface area contributed by atoms with Crippen LogP contribution in [0.3, 0.4) is 0 Å². The Hall–Kier alpha value is -0.0831. The molecule has 1 rings (SSSR count). The summed E-state index contributed by atoms with van der Waals surface area (Å²) in [6.07, 6.45) is 8.95. The number of rotatable bonds is 5. The van der Waals surface area contributed by atoms with Gasteiger partial charge in [0, 0.05) is 6.10 Å². The lowest BCUT2D eigenvalue weighted by Gasteiger charge is -2.38. The molecule has 1 saturated carbocycles. The standard InChI is InChI=1S/C15H30OSi/c1-7-8-9-13-10-11-14(12-13)16-17(5,6)15(2,3)4/h7,13-14H,1,8-12H2,2-6H3. The average Bonchev–Trinajstić information content (AvgIpc) is 2.60. The second kappa shape index (κ2) is 5.70. The SMILES string of the molecule is C=CCCC1CCC(O[Si](C)(C)C(C)(C)C)C1. The maximum absolute atomic E-state index is 6.49. The molecule has 0 aromatic heterocycles. The highest BCUT2D eigenvalue weighted by atomic mass is 28.4. The van der Waals surface area contributed by atoms with Gasteiger partial charge in [0.25, 0.3) is 0 Å². The summed E-state index contributed by atoms with van der Waals surface area (Å²) in [5.41, 5.74) is 0. The van der Waals surface area contributed by atoms with Gasteiger partial charge in [0.2, 0.25) is 0 Å². The van der Waals surface area contributed by atoms with Gasteiger partial charge >= 0.3 is 0 Å². The molecule has 0 aromatic carbocycles. The summed E-state index contributed by atoms with van der Waals surface area (Å²) < 4.78 is 6.49. The quantitative estimate of drug-likeness (QED) is 0.487. The van der Waals surface area contributed by atoms with Crippen LogP contribution in [-0.4, -0.2) is 14.4 Å². The molecule has 0 amide bonds. The normalized spacial score (nSPS) is 26.2. The van der Waals surface area contributed by atoms with Crippen LogP contribution in [0.15, 0.2) is 12.7 Å². The molecule has 2 heteroatoms. The van der Waals surface area contributed by atoms with Crippen LogP contribution in [-0.2, 0) is 4.43 Å². The monoisotopic (exact) mass is 254 g/mol. The smallest absolute Gasteiger partial charge is 0.192 e. The van der Waals surface area contributed by atoms with E-state index in [9.17, 15) is 0 Å². The van der Waals surface area contributed by atoms with E-state index in [0.29, 0.717) is 11.1 Å². The van der Waals surface area contributed by atoms with Crippen molar-refractivity contribution in [2.24, 2.45) is 5.92 Å². The molecule has 2 unspecified atom stereocenters. The second-order valence-electron chi connectivity index (χ2n) is 7.05. The Labute approximate surface area is 109 Å². The third-order valence-corrected chi connectivity index (χ3v) is 9.07. The van der Waals surface area contributed by atoms with Crippen molar-refractivity contribution in [1.82, 2.24) is 0 Å². The summed E-state index contributed by atoms with van der Waals surface area (Å²) >= 11 is 0. The predicted molar refractivity (Wildman–Crippen MR) is 78.8 cm³/mol. The fourth-order valence-corrected chi connectivity index (χ4v) is 3.75. The molecule has 0 N–H and O–H groups in total. The van der Waals surface area contributed by atoms with E-state index in [4.69, 9.17) is 4.43 Å². The summed E-state index contributed by atoms with van der Waals surface area (Å²) in [6.45, 7) is 15.5. The largest absolute Gasteiger partial charge is 0.414 e. The second-order valence-corrected chi connectivity index (χ2v) is 11.8. The van der Waals surface area contributed by atoms with Crippen molar-refractivity contribution in [2.75, 3.05) is 0 Å². The Morgan fingerprint density at radius 3 is 2.47 bits per heavy atom. The van der Waals surface area contributed by atoms with Crippen LogP contribution in [0.2, 0.25) is 18.1 Å². The molecule has 0 spiro atoms. The van der Waals surface area contributed by atoms with E-state index in [1.54, 1.807) is 0 Å². The highest BCUT2D eigenvalue weighted by molar-refractivity contribution is 6.74. The van der Waals surface area contributed by atoms with Crippen LogP contribution in [0, 0.1) is 5.92 Å². The summed E-state index contributed by atoms with van der Waals surface area (Å²) in [6, 6.07) is 0.